The van der Waals surface area contributed by atoms with Crippen molar-refractivity contribution in [3.05, 3.63) is 35.4 Å². The van der Waals surface area contributed by atoms with Crippen LogP contribution in [0, 0.1) is 5.92 Å². The van der Waals surface area contributed by atoms with Gasteiger partial charge in [0.05, 0.1) is 0 Å². The summed E-state index contributed by atoms with van der Waals surface area (Å²) in [5.41, 5.74) is 9.45. The van der Waals surface area contributed by atoms with E-state index >= 15 is 0 Å². The molecule has 0 atom stereocenters. The van der Waals surface area contributed by atoms with Gasteiger partial charge in [0.25, 0.3) is 0 Å². The molecule has 1 fully saturated rings. The molecule has 0 aliphatic heterocycles. The number of fused-ring (bicyclic) bond motifs is 1. The molecule has 21 heavy (non-hydrogen) atoms. The van der Waals surface area contributed by atoms with E-state index in [4.69, 9.17) is 5.73 Å². The van der Waals surface area contributed by atoms with Crippen LogP contribution in [0.3, 0.4) is 0 Å². The van der Waals surface area contributed by atoms with Gasteiger partial charge in [-0.15, -0.1) is 0 Å². The van der Waals surface area contributed by atoms with E-state index in [1.165, 1.54) is 43.2 Å². The summed E-state index contributed by atoms with van der Waals surface area (Å²) < 4.78 is 0. The van der Waals surface area contributed by atoms with Crippen LogP contribution in [0.25, 0.3) is 0 Å². The fourth-order valence-electron chi connectivity index (χ4n) is 4.54. The molecule has 2 N–H and O–H groups in total. The van der Waals surface area contributed by atoms with Gasteiger partial charge in [0, 0.05) is 18.1 Å². The summed E-state index contributed by atoms with van der Waals surface area (Å²) >= 11 is 0. The summed E-state index contributed by atoms with van der Waals surface area (Å²) in [4.78, 5) is 2.65. The summed E-state index contributed by atoms with van der Waals surface area (Å²) in [5, 5.41) is 0. The first-order chi connectivity index (χ1) is 10.2. The number of nitrogens with zero attached hydrogens (tertiary/aromatic N) is 1. The van der Waals surface area contributed by atoms with E-state index in [1.54, 1.807) is 0 Å². The summed E-state index contributed by atoms with van der Waals surface area (Å²) in [6.07, 6.45) is 9.12. The van der Waals surface area contributed by atoms with E-state index in [-0.39, 0.29) is 5.54 Å². The molecule has 2 nitrogen and oxygen atoms in total. The third-order valence-corrected chi connectivity index (χ3v) is 6.23. The molecule has 1 saturated carbocycles. The van der Waals surface area contributed by atoms with Gasteiger partial charge < -0.3 is 5.73 Å². The van der Waals surface area contributed by atoms with Crippen molar-refractivity contribution in [2.45, 2.75) is 63.5 Å². The van der Waals surface area contributed by atoms with Gasteiger partial charge in [-0.05, 0) is 62.6 Å². The Hall–Kier alpha value is -0.860. The van der Waals surface area contributed by atoms with Crippen molar-refractivity contribution < 1.29 is 0 Å². The number of rotatable bonds is 4. The largest absolute Gasteiger partial charge is 0.329 e. The van der Waals surface area contributed by atoms with Crippen LogP contribution in [0.5, 0.6) is 0 Å². The molecule has 0 spiro atoms. The maximum Gasteiger partial charge on any atom is 0.0412 e. The first kappa shape index (κ1) is 15.1. The Kier molecular flexibility index (Phi) is 4.37. The average Bonchev–Trinajstić information content (AvgIpc) is 2.94. The van der Waals surface area contributed by atoms with Crippen LogP contribution in [-0.2, 0) is 12.8 Å². The van der Waals surface area contributed by atoms with Crippen LogP contribution in [0.1, 0.15) is 50.2 Å². The van der Waals surface area contributed by atoms with Crippen molar-refractivity contribution in [2.75, 3.05) is 13.6 Å². The molecule has 0 amide bonds. The van der Waals surface area contributed by atoms with Crippen molar-refractivity contribution in [1.82, 2.24) is 4.90 Å². The second-order valence-corrected chi connectivity index (χ2v) is 7.24. The van der Waals surface area contributed by atoms with E-state index in [1.807, 2.05) is 0 Å². The molecule has 0 bridgehead atoms. The van der Waals surface area contributed by atoms with Crippen LogP contribution >= 0.6 is 0 Å². The lowest BCUT2D eigenvalue weighted by molar-refractivity contribution is 0.0547. The molecular formula is C19H30N2. The van der Waals surface area contributed by atoms with E-state index in [0.29, 0.717) is 0 Å². The van der Waals surface area contributed by atoms with Crippen molar-refractivity contribution in [2.24, 2.45) is 11.7 Å². The van der Waals surface area contributed by atoms with Crippen molar-refractivity contribution in [3.8, 4) is 0 Å². The van der Waals surface area contributed by atoms with Crippen LogP contribution in [0.15, 0.2) is 24.3 Å². The molecule has 0 aromatic heterocycles. The minimum Gasteiger partial charge on any atom is -0.329 e. The molecule has 2 heteroatoms. The number of hydrogen-bond donors (Lipinski definition) is 1. The molecule has 0 saturated heterocycles. The highest BCUT2D eigenvalue weighted by Crippen LogP contribution is 2.38. The Balaban J connectivity index is 1.73. The lowest BCUT2D eigenvalue weighted by atomic mass is 9.81. The summed E-state index contributed by atoms with van der Waals surface area (Å²) in [5.74, 6) is 0.962. The van der Waals surface area contributed by atoms with Crippen molar-refractivity contribution in [1.29, 1.82) is 0 Å². The molecule has 3 rings (SSSR count). The monoisotopic (exact) mass is 286 g/mol. The van der Waals surface area contributed by atoms with E-state index in [0.717, 1.165) is 31.3 Å². The highest BCUT2D eigenvalue weighted by molar-refractivity contribution is 5.36. The molecule has 116 valence electrons. The lowest BCUT2D eigenvalue weighted by Crippen LogP contribution is -2.57. The number of benzene rings is 1. The number of hydrogen-bond acceptors (Lipinski definition) is 2. The second kappa shape index (κ2) is 6.10. The summed E-state index contributed by atoms with van der Waals surface area (Å²) in [6, 6.07) is 9.63. The molecule has 0 radical (unpaired) electrons. The Morgan fingerprint density at radius 2 is 1.67 bits per heavy atom. The maximum atomic E-state index is 6.27. The van der Waals surface area contributed by atoms with Gasteiger partial charge >= 0.3 is 0 Å². The molecule has 0 unspecified atom stereocenters. The zero-order valence-electron chi connectivity index (χ0n) is 13.6. The van der Waals surface area contributed by atoms with Gasteiger partial charge in [0.2, 0.25) is 0 Å². The van der Waals surface area contributed by atoms with Gasteiger partial charge in [0.1, 0.15) is 0 Å². The molecule has 2 aliphatic rings. The van der Waals surface area contributed by atoms with Gasteiger partial charge in [-0.1, -0.05) is 37.6 Å². The Labute approximate surface area is 129 Å². The van der Waals surface area contributed by atoms with Crippen LogP contribution in [-0.4, -0.2) is 30.1 Å². The SMILES string of the molecule is CCC1CCC(N(C)C2(CN)Cc3ccccc3C2)CC1. The zero-order valence-corrected chi connectivity index (χ0v) is 13.6. The molecule has 1 aromatic carbocycles. The van der Waals surface area contributed by atoms with Gasteiger partial charge in [0.15, 0.2) is 0 Å². The predicted molar refractivity (Wildman–Crippen MR) is 89.4 cm³/mol. The third kappa shape index (κ3) is 2.76. The van der Waals surface area contributed by atoms with Gasteiger partial charge in [-0.3, -0.25) is 4.90 Å². The highest BCUT2D eigenvalue weighted by Gasteiger charge is 2.42. The standard InChI is InChI=1S/C19H30N2/c1-3-15-8-10-18(11-9-15)21(2)19(14-20)12-16-6-4-5-7-17(16)13-19/h4-7,15,18H,3,8-14,20H2,1-2H3. The Morgan fingerprint density at radius 1 is 1.10 bits per heavy atom. The average molecular weight is 286 g/mol. The Bertz CT molecular complexity index is 449. The molecule has 1 aromatic rings. The number of nitrogens with two attached hydrogens (primary N) is 1. The first-order valence-electron chi connectivity index (χ1n) is 8.68. The zero-order chi connectivity index (χ0) is 14.9. The molecular weight excluding hydrogens is 256 g/mol. The molecule has 2 aliphatic carbocycles. The minimum atomic E-state index is 0.160. The van der Waals surface area contributed by atoms with E-state index < -0.39 is 0 Å². The summed E-state index contributed by atoms with van der Waals surface area (Å²) in [6.45, 7) is 3.11. The minimum absolute atomic E-state index is 0.160. The topological polar surface area (TPSA) is 29.3 Å². The highest BCUT2D eigenvalue weighted by atomic mass is 15.2. The van der Waals surface area contributed by atoms with E-state index in [2.05, 4.69) is 43.1 Å². The quantitative estimate of drug-likeness (QED) is 0.919. The third-order valence-electron chi connectivity index (χ3n) is 6.23. The normalized spacial score (nSPS) is 27.8. The maximum absolute atomic E-state index is 6.27. The van der Waals surface area contributed by atoms with Crippen molar-refractivity contribution in [3.63, 3.8) is 0 Å². The molecule has 0 heterocycles. The van der Waals surface area contributed by atoms with Crippen LogP contribution in [0.2, 0.25) is 0 Å². The van der Waals surface area contributed by atoms with E-state index in [9.17, 15) is 0 Å². The Morgan fingerprint density at radius 3 is 2.14 bits per heavy atom. The fraction of sp³-hybridized carbons (Fsp3) is 0.684. The summed E-state index contributed by atoms with van der Waals surface area (Å²) in [7, 11) is 2.33. The van der Waals surface area contributed by atoms with Crippen LogP contribution < -0.4 is 5.73 Å². The van der Waals surface area contributed by atoms with Crippen LogP contribution in [0.4, 0.5) is 0 Å². The lowest BCUT2D eigenvalue weighted by Gasteiger charge is -2.45. The van der Waals surface area contributed by atoms with Crippen molar-refractivity contribution >= 4 is 0 Å². The predicted octanol–water partition coefficient (Wildman–Crippen LogP) is 3.38. The van der Waals surface area contributed by atoms with Gasteiger partial charge in [-0.25, -0.2) is 0 Å². The smallest absolute Gasteiger partial charge is 0.0412 e. The number of likely N-dealkylation sites (N-methyl/N-ethyl adjacent to an activating group) is 1. The second-order valence-electron chi connectivity index (χ2n) is 7.24. The fourth-order valence-corrected chi connectivity index (χ4v) is 4.54. The first-order valence-corrected chi connectivity index (χ1v) is 8.68. The van der Waals surface area contributed by atoms with Gasteiger partial charge in [-0.2, -0.15) is 0 Å².